The van der Waals surface area contributed by atoms with Crippen LogP contribution in [0.15, 0.2) is 58.7 Å². The number of aromatic nitrogens is 1. The highest BCUT2D eigenvalue weighted by Crippen LogP contribution is 2.47. The van der Waals surface area contributed by atoms with Crippen LogP contribution in [-0.4, -0.2) is 78.2 Å². The summed E-state index contributed by atoms with van der Waals surface area (Å²) in [6, 6.07) is 14.1. The maximum absolute atomic E-state index is 13.7. The van der Waals surface area contributed by atoms with Crippen LogP contribution in [0.2, 0.25) is 5.02 Å². The summed E-state index contributed by atoms with van der Waals surface area (Å²) in [5, 5.41) is 31.6. The first-order chi connectivity index (χ1) is 28.4. The van der Waals surface area contributed by atoms with E-state index < -0.39 is 17.7 Å². The third kappa shape index (κ3) is 10.6. The Bertz CT molecular complexity index is 2090. The molecule has 59 heavy (non-hydrogen) atoms. The van der Waals surface area contributed by atoms with Crippen LogP contribution in [0.1, 0.15) is 100.0 Å². The lowest BCUT2D eigenvalue weighted by Crippen LogP contribution is -2.45. The Labute approximate surface area is 355 Å². The number of hydrogen-bond acceptors (Lipinski definition) is 11. The second-order valence-electron chi connectivity index (χ2n) is 16.2. The van der Waals surface area contributed by atoms with Crippen molar-refractivity contribution in [2.24, 2.45) is 11.8 Å². The van der Waals surface area contributed by atoms with Gasteiger partial charge >= 0.3 is 12.1 Å². The largest absolute Gasteiger partial charge is 0.506 e. The minimum atomic E-state index is -1.60. The molecule has 14 heteroatoms. The van der Waals surface area contributed by atoms with Crippen LogP contribution in [0.25, 0.3) is 10.9 Å². The molecule has 5 N–H and O–H groups in total. The van der Waals surface area contributed by atoms with Crippen molar-refractivity contribution in [2.75, 3.05) is 39.2 Å². The van der Waals surface area contributed by atoms with Crippen LogP contribution in [-0.2, 0) is 26.4 Å². The number of rotatable bonds is 18. The summed E-state index contributed by atoms with van der Waals surface area (Å²) in [4.78, 5) is 44.0. The van der Waals surface area contributed by atoms with E-state index in [-0.39, 0.29) is 41.9 Å². The Morgan fingerprint density at radius 3 is 2.59 bits per heavy atom. The van der Waals surface area contributed by atoms with Crippen molar-refractivity contribution in [3.8, 4) is 11.5 Å². The van der Waals surface area contributed by atoms with E-state index in [0.717, 1.165) is 67.9 Å². The molecule has 2 saturated carbocycles. The number of aromatic hydroxyl groups is 1. The molecule has 2 heterocycles. The highest BCUT2D eigenvalue weighted by Gasteiger charge is 2.51. The summed E-state index contributed by atoms with van der Waals surface area (Å²) in [5.74, 6) is 0.578. The molecule has 1 amide bonds. The number of phenolic OH excluding ortho intramolecular Hbond substituents is 1. The molecule has 0 saturated heterocycles. The average Bonchev–Trinajstić information content (AvgIpc) is 3.95. The zero-order valence-corrected chi connectivity index (χ0v) is 36.1. The van der Waals surface area contributed by atoms with Gasteiger partial charge in [-0.25, -0.2) is 9.59 Å². The number of methoxy groups -OCH3 is 1. The number of aromatic amines is 1. The number of nitrogens with zero attached hydrogens (tertiary/aromatic N) is 1. The summed E-state index contributed by atoms with van der Waals surface area (Å²) >= 11 is 8.05. The number of likely N-dealkylation sites (N-methyl/N-ethyl adjacent to an activating group) is 1. The summed E-state index contributed by atoms with van der Waals surface area (Å²) in [6.07, 6.45) is 7.94. The minimum Gasteiger partial charge on any atom is -0.506 e. The second-order valence-corrected chi connectivity index (χ2v) is 17.5. The van der Waals surface area contributed by atoms with Crippen molar-refractivity contribution < 1.29 is 34.0 Å². The van der Waals surface area contributed by atoms with Crippen LogP contribution in [0.3, 0.4) is 0 Å². The average molecular weight is 852 g/mol. The van der Waals surface area contributed by atoms with Crippen molar-refractivity contribution in [3.05, 3.63) is 85.3 Å². The second kappa shape index (κ2) is 20.4. The number of amides is 1. The highest BCUT2D eigenvalue weighted by atomic mass is 35.5. The molecule has 0 aliphatic heterocycles. The Balaban J connectivity index is 0.943. The Kier molecular flexibility index (Phi) is 15.4. The van der Waals surface area contributed by atoms with Crippen LogP contribution in [0.5, 0.6) is 11.5 Å². The molecule has 12 nitrogen and oxygen atoms in total. The molecule has 2 aliphatic carbocycles. The zero-order chi connectivity index (χ0) is 42.1. The number of H-pyrrole nitrogens is 1. The number of anilines is 1. The van der Waals surface area contributed by atoms with Gasteiger partial charge in [0.1, 0.15) is 24.2 Å². The molecule has 2 aromatic heterocycles. The smallest absolute Gasteiger partial charge is 0.411 e. The zero-order valence-electron chi connectivity index (χ0n) is 34.6. The molecule has 2 aliphatic rings. The first-order valence-electron chi connectivity index (χ1n) is 21.0. The first kappa shape index (κ1) is 44.4. The fraction of sp³-hybridized carbons (Fsp3) is 0.533. The number of ether oxygens (including phenoxy) is 3. The normalized spacial score (nSPS) is 20.9. The number of halogens is 1. The van der Waals surface area contributed by atoms with E-state index >= 15 is 0 Å². The summed E-state index contributed by atoms with van der Waals surface area (Å²) in [7, 11) is 3.57. The van der Waals surface area contributed by atoms with Crippen molar-refractivity contribution in [3.63, 3.8) is 0 Å². The number of fused-ring (bicyclic) bond motifs is 1. The monoisotopic (exact) mass is 850 g/mol. The van der Waals surface area contributed by atoms with E-state index in [1.54, 1.807) is 31.4 Å². The molecular weight excluding hydrogens is 792 g/mol. The summed E-state index contributed by atoms with van der Waals surface area (Å²) in [6.45, 7) is 6.04. The number of benzene rings is 2. The number of carbonyl (C=O) groups is 2. The lowest BCUT2D eigenvalue weighted by atomic mass is 9.83. The van der Waals surface area contributed by atoms with Crippen LogP contribution in [0.4, 0.5) is 10.5 Å². The Morgan fingerprint density at radius 2 is 1.88 bits per heavy atom. The number of thiophene rings is 1. The quantitative estimate of drug-likeness (QED) is 0.0613. The third-order valence-electron chi connectivity index (χ3n) is 12.4. The number of aliphatic hydroxyl groups is 1. The van der Waals surface area contributed by atoms with E-state index in [0.29, 0.717) is 65.2 Å². The first-order valence-corrected chi connectivity index (χ1v) is 22.2. The van der Waals surface area contributed by atoms with E-state index in [1.807, 2.05) is 30.6 Å². The molecule has 4 unspecified atom stereocenters. The van der Waals surface area contributed by atoms with Gasteiger partial charge in [0, 0.05) is 59.6 Å². The van der Waals surface area contributed by atoms with Gasteiger partial charge in [-0.15, -0.1) is 11.3 Å². The lowest BCUT2D eigenvalue weighted by Gasteiger charge is -2.37. The highest BCUT2D eigenvalue weighted by molar-refractivity contribution is 7.10. The molecule has 0 bridgehead atoms. The Hall–Kier alpha value is -4.14. The fourth-order valence-electron chi connectivity index (χ4n) is 9.03. The topological polar surface area (TPSA) is 162 Å². The molecule has 2 aromatic carbocycles. The van der Waals surface area contributed by atoms with E-state index in [2.05, 4.69) is 34.4 Å². The van der Waals surface area contributed by atoms with Crippen molar-refractivity contribution >= 4 is 51.6 Å². The maximum atomic E-state index is 13.7. The molecular formula is C45H59ClN4O8S. The van der Waals surface area contributed by atoms with Gasteiger partial charge in [0.25, 0.3) is 0 Å². The van der Waals surface area contributed by atoms with Crippen LogP contribution >= 0.6 is 22.9 Å². The number of esters is 1. The van der Waals surface area contributed by atoms with Crippen LogP contribution in [0, 0.1) is 11.8 Å². The predicted molar refractivity (Wildman–Crippen MR) is 233 cm³/mol. The molecule has 0 radical (unpaired) electrons. The molecule has 4 aromatic rings. The van der Waals surface area contributed by atoms with Gasteiger partial charge in [-0.2, -0.15) is 0 Å². The summed E-state index contributed by atoms with van der Waals surface area (Å²) in [5.41, 5.74) is 0.746. The van der Waals surface area contributed by atoms with Gasteiger partial charge in [-0.05, 0) is 99.0 Å². The number of nitrogens with one attached hydrogen (secondary N) is 3. The number of hydrogen-bond donors (Lipinski definition) is 5. The van der Waals surface area contributed by atoms with Gasteiger partial charge in [-0.1, -0.05) is 56.8 Å². The Morgan fingerprint density at radius 1 is 1.08 bits per heavy atom. The standard InChI is InChI=1S/C45H59ClN4O8S/c1-5-8-28-10-11-31(23-28)45(55,40-9-7-22-59-40)43(53)58-33-14-12-32(13-15-33)50(3)20-21-57-44(54)48-37-25-39(56-4)30(24-36(37)46)27-47-26-29(6-2)34-16-18-38(51)42-35(34)17-19-41(52)49-42/h7,9,16-19,22,24-25,28-29,31-33,47,51,55H,5-6,8,10-15,20-21,23,26-27H2,1-4H3,(H,48,54)(H,49,52). The van der Waals surface area contributed by atoms with Gasteiger partial charge in [0.2, 0.25) is 5.56 Å². The van der Waals surface area contributed by atoms with Crippen molar-refractivity contribution in [1.29, 1.82) is 0 Å². The molecule has 6 rings (SSSR count). The van der Waals surface area contributed by atoms with E-state index in [4.69, 9.17) is 25.8 Å². The van der Waals surface area contributed by atoms with Gasteiger partial charge in [0.05, 0.1) is 23.3 Å². The molecule has 0 spiro atoms. The minimum absolute atomic E-state index is 0.0318. The van der Waals surface area contributed by atoms with Crippen molar-refractivity contribution in [1.82, 2.24) is 15.2 Å². The predicted octanol–water partition coefficient (Wildman–Crippen LogP) is 8.68. The van der Waals surface area contributed by atoms with Gasteiger partial charge < -0.3 is 39.6 Å². The molecule has 320 valence electrons. The van der Waals surface area contributed by atoms with Gasteiger partial charge in [-0.3, -0.25) is 10.1 Å². The molecule has 2 fully saturated rings. The lowest BCUT2D eigenvalue weighted by molar-refractivity contribution is -0.181. The van der Waals surface area contributed by atoms with Crippen molar-refractivity contribution in [2.45, 2.75) is 108 Å². The van der Waals surface area contributed by atoms with Gasteiger partial charge in [0.15, 0.2) is 5.60 Å². The fourth-order valence-corrected chi connectivity index (χ4v) is 10.2. The number of carbonyl (C=O) groups excluding carboxylic acids is 2. The third-order valence-corrected chi connectivity index (χ3v) is 13.7. The van der Waals surface area contributed by atoms with E-state index in [1.165, 1.54) is 17.4 Å². The number of phenols is 1. The van der Waals surface area contributed by atoms with E-state index in [9.17, 15) is 24.6 Å². The maximum Gasteiger partial charge on any atom is 0.411 e. The molecule has 4 atom stereocenters. The summed E-state index contributed by atoms with van der Waals surface area (Å²) < 4.78 is 17.3. The SMILES string of the molecule is CCCC1CCC(C(O)(C(=O)OC2CCC(N(C)CCOC(=O)Nc3cc(OC)c(CNCC(CC)c4ccc(O)c5[nH]c(=O)ccc45)cc3Cl)CC2)c2cccs2)C1. The van der Waals surface area contributed by atoms with Crippen LogP contribution < -0.4 is 20.9 Å². The number of pyridine rings is 1.